The number of ketones is 1. The monoisotopic (exact) mass is 182 g/mol. The highest BCUT2D eigenvalue weighted by Gasteiger charge is 2.46. The molecule has 0 saturated carbocycles. The van der Waals surface area contributed by atoms with Gasteiger partial charge in [0.2, 0.25) is 0 Å². The van der Waals surface area contributed by atoms with Crippen LogP contribution < -0.4 is 5.32 Å². The molecule has 1 atom stereocenters. The van der Waals surface area contributed by atoms with Crippen LogP contribution in [0.4, 0.5) is 0 Å². The molecule has 2 saturated heterocycles. The molecule has 13 heavy (non-hydrogen) atoms. The molecular formula is C10H18N2O. The number of hydrogen-bond donors (Lipinski definition) is 1. The Bertz CT molecular complexity index is 219. The molecule has 3 heteroatoms. The Morgan fingerprint density at radius 2 is 2.08 bits per heavy atom. The topological polar surface area (TPSA) is 32.3 Å². The van der Waals surface area contributed by atoms with E-state index in [2.05, 4.69) is 17.3 Å². The van der Waals surface area contributed by atoms with Gasteiger partial charge in [0.1, 0.15) is 0 Å². The standard InChI is InChI=1S/C10H18N2O/c1-8-7-11-10(9(8)13)3-5-12(2)6-4-10/h8,11H,3-7H2,1-2H3. The Kier molecular flexibility index (Phi) is 2.16. The zero-order valence-electron chi connectivity index (χ0n) is 8.47. The molecule has 2 heterocycles. The molecule has 74 valence electrons. The molecule has 2 rings (SSSR count). The average Bonchev–Trinajstić information content (AvgIpc) is 2.40. The van der Waals surface area contributed by atoms with Crippen LogP contribution in [0, 0.1) is 5.92 Å². The van der Waals surface area contributed by atoms with E-state index in [0.29, 0.717) is 5.78 Å². The van der Waals surface area contributed by atoms with Crippen LogP contribution in [0.25, 0.3) is 0 Å². The van der Waals surface area contributed by atoms with Gasteiger partial charge in [-0.15, -0.1) is 0 Å². The molecule has 1 N–H and O–H groups in total. The molecule has 0 aromatic carbocycles. The van der Waals surface area contributed by atoms with Gasteiger partial charge in [-0.05, 0) is 19.9 Å². The van der Waals surface area contributed by atoms with Gasteiger partial charge in [-0.3, -0.25) is 4.79 Å². The van der Waals surface area contributed by atoms with Crippen LogP contribution in [-0.2, 0) is 4.79 Å². The summed E-state index contributed by atoms with van der Waals surface area (Å²) in [5.41, 5.74) is -0.147. The first kappa shape index (κ1) is 9.16. The summed E-state index contributed by atoms with van der Waals surface area (Å²) >= 11 is 0. The molecule has 1 unspecified atom stereocenters. The summed E-state index contributed by atoms with van der Waals surface area (Å²) in [6.45, 7) is 5.00. The summed E-state index contributed by atoms with van der Waals surface area (Å²) in [5, 5.41) is 3.42. The summed E-state index contributed by atoms with van der Waals surface area (Å²) in [5.74, 6) is 0.670. The SMILES string of the molecule is CC1CNC2(CCN(C)CC2)C1=O. The van der Waals surface area contributed by atoms with Crippen molar-refractivity contribution in [2.75, 3.05) is 26.7 Å². The number of carbonyl (C=O) groups is 1. The van der Waals surface area contributed by atoms with E-state index in [0.717, 1.165) is 32.5 Å². The minimum Gasteiger partial charge on any atom is -0.306 e. The third-order valence-corrected chi connectivity index (χ3v) is 3.51. The van der Waals surface area contributed by atoms with Gasteiger partial charge in [-0.25, -0.2) is 0 Å². The molecule has 0 aromatic rings. The van der Waals surface area contributed by atoms with Crippen molar-refractivity contribution in [1.29, 1.82) is 0 Å². The Morgan fingerprint density at radius 1 is 1.46 bits per heavy atom. The predicted octanol–water partition coefficient (Wildman–Crippen LogP) is 0.259. The molecule has 1 spiro atoms. The summed E-state index contributed by atoms with van der Waals surface area (Å²) in [7, 11) is 2.12. The van der Waals surface area contributed by atoms with Crippen LogP contribution in [0.1, 0.15) is 19.8 Å². The zero-order chi connectivity index (χ0) is 9.47. The van der Waals surface area contributed by atoms with Gasteiger partial charge < -0.3 is 10.2 Å². The van der Waals surface area contributed by atoms with Gasteiger partial charge in [-0.2, -0.15) is 0 Å². The molecule has 0 aliphatic carbocycles. The van der Waals surface area contributed by atoms with Crippen LogP contribution in [0.2, 0.25) is 0 Å². The lowest BCUT2D eigenvalue weighted by Crippen LogP contribution is -2.53. The van der Waals surface area contributed by atoms with Crippen LogP contribution >= 0.6 is 0 Å². The first-order chi connectivity index (χ1) is 6.14. The lowest BCUT2D eigenvalue weighted by Gasteiger charge is -2.36. The fourth-order valence-electron chi connectivity index (χ4n) is 2.42. The van der Waals surface area contributed by atoms with Gasteiger partial charge in [0.15, 0.2) is 5.78 Å². The summed E-state index contributed by atoms with van der Waals surface area (Å²) in [6.07, 6.45) is 1.99. The Labute approximate surface area is 79.5 Å². The molecule has 0 radical (unpaired) electrons. The van der Waals surface area contributed by atoms with Crippen LogP contribution in [0.3, 0.4) is 0 Å². The van der Waals surface area contributed by atoms with Crippen molar-refractivity contribution in [2.24, 2.45) is 5.92 Å². The zero-order valence-corrected chi connectivity index (χ0v) is 8.47. The first-order valence-corrected chi connectivity index (χ1v) is 5.12. The van der Waals surface area contributed by atoms with E-state index in [4.69, 9.17) is 0 Å². The number of Topliss-reactive ketones (excluding diaryl/α,β-unsaturated/α-hetero) is 1. The molecule has 2 aliphatic heterocycles. The highest BCUT2D eigenvalue weighted by Crippen LogP contribution is 2.29. The maximum absolute atomic E-state index is 11.9. The van der Waals surface area contributed by atoms with Gasteiger partial charge in [-0.1, -0.05) is 6.92 Å². The summed E-state index contributed by atoms with van der Waals surface area (Å²) in [4.78, 5) is 14.2. The fraction of sp³-hybridized carbons (Fsp3) is 0.900. The lowest BCUT2D eigenvalue weighted by molar-refractivity contribution is -0.126. The van der Waals surface area contributed by atoms with E-state index in [9.17, 15) is 4.79 Å². The smallest absolute Gasteiger partial charge is 0.157 e. The maximum Gasteiger partial charge on any atom is 0.157 e. The third-order valence-electron chi connectivity index (χ3n) is 3.51. The lowest BCUT2D eigenvalue weighted by atomic mass is 9.83. The Hall–Kier alpha value is -0.410. The molecule has 2 aliphatic rings. The van der Waals surface area contributed by atoms with Crippen LogP contribution in [0.15, 0.2) is 0 Å². The number of piperidine rings is 1. The molecule has 0 amide bonds. The molecule has 3 nitrogen and oxygen atoms in total. The van der Waals surface area contributed by atoms with Gasteiger partial charge in [0.05, 0.1) is 5.54 Å². The number of hydrogen-bond acceptors (Lipinski definition) is 3. The quantitative estimate of drug-likeness (QED) is 0.583. The Balaban J connectivity index is 2.09. The van der Waals surface area contributed by atoms with E-state index in [-0.39, 0.29) is 11.5 Å². The number of likely N-dealkylation sites (tertiary alicyclic amines) is 1. The minimum atomic E-state index is -0.147. The van der Waals surface area contributed by atoms with Crippen molar-refractivity contribution in [2.45, 2.75) is 25.3 Å². The molecule has 0 aromatic heterocycles. The normalized spacial score (nSPS) is 34.3. The Morgan fingerprint density at radius 3 is 2.54 bits per heavy atom. The van der Waals surface area contributed by atoms with Crippen molar-refractivity contribution in [1.82, 2.24) is 10.2 Å². The maximum atomic E-state index is 11.9. The van der Waals surface area contributed by atoms with Gasteiger partial charge in [0, 0.05) is 25.6 Å². The molecular weight excluding hydrogens is 164 g/mol. The number of rotatable bonds is 0. The highest BCUT2D eigenvalue weighted by atomic mass is 16.1. The van der Waals surface area contributed by atoms with E-state index in [1.807, 2.05) is 6.92 Å². The average molecular weight is 182 g/mol. The van der Waals surface area contributed by atoms with Gasteiger partial charge >= 0.3 is 0 Å². The second-order valence-electron chi connectivity index (χ2n) is 4.53. The first-order valence-electron chi connectivity index (χ1n) is 5.12. The minimum absolute atomic E-state index is 0.147. The van der Waals surface area contributed by atoms with E-state index in [1.165, 1.54) is 0 Å². The van der Waals surface area contributed by atoms with Crippen molar-refractivity contribution in [3.63, 3.8) is 0 Å². The molecule has 0 bridgehead atoms. The molecule has 2 fully saturated rings. The van der Waals surface area contributed by atoms with Crippen molar-refractivity contribution >= 4 is 5.78 Å². The third kappa shape index (κ3) is 1.40. The largest absolute Gasteiger partial charge is 0.306 e. The highest BCUT2D eigenvalue weighted by molar-refractivity contribution is 5.92. The second kappa shape index (κ2) is 3.07. The summed E-state index contributed by atoms with van der Waals surface area (Å²) in [6, 6.07) is 0. The second-order valence-corrected chi connectivity index (χ2v) is 4.53. The fourth-order valence-corrected chi connectivity index (χ4v) is 2.42. The van der Waals surface area contributed by atoms with Crippen LogP contribution in [-0.4, -0.2) is 42.9 Å². The number of carbonyl (C=O) groups excluding carboxylic acids is 1. The van der Waals surface area contributed by atoms with Crippen molar-refractivity contribution in [3.8, 4) is 0 Å². The van der Waals surface area contributed by atoms with Crippen molar-refractivity contribution < 1.29 is 4.79 Å². The van der Waals surface area contributed by atoms with E-state index >= 15 is 0 Å². The number of nitrogens with zero attached hydrogens (tertiary/aromatic N) is 1. The van der Waals surface area contributed by atoms with E-state index in [1.54, 1.807) is 0 Å². The van der Waals surface area contributed by atoms with Gasteiger partial charge in [0.25, 0.3) is 0 Å². The van der Waals surface area contributed by atoms with Crippen molar-refractivity contribution in [3.05, 3.63) is 0 Å². The number of nitrogens with one attached hydrogen (secondary N) is 1. The van der Waals surface area contributed by atoms with Crippen LogP contribution in [0.5, 0.6) is 0 Å². The predicted molar refractivity (Wildman–Crippen MR) is 51.6 cm³/mol. The summed E-state index contributed by atoms with van der Waals surface area (Å²) < 4.78 is 0. The van der Waals surface area contributed by atoms with E-state index < -0.39 is 0 Å².